The lowest BCUT2D eigenvalue weighted by Gasteiger charge is -2.49. The van der Waals surface area contributed by atoms with E-state index in [2.05, 4.69) is 19.2 Å². The van der Waals surface area contributed by atoms with Gasteiger partial charge in [-0.25, -0.2) is 0 Å². The van der Waals surface area contributed by atoms with Crippen molar-refractivity contribution in [3.63, 3.8) is 0 Å². The van der Waals surface area contributed by atoms with E-state index >= 15 is 0 Å². The van der Waals surface area contributed by atoms with E-state index < -0.39 is 0 Å². The number of imide groups is 1. The zero-order chi connectivity index (χ0) is 15.3. The molecule has 2 fully saturated rings. The summed E-state index contributed by atoms with van der Waals surface area (Å²) in [6.45, 7) is 4.37. The van der Waals surface area contributed by atoms with Crippen molar-refractivity contribution < 1.29 is 9.59 Å². The van der Waals surface area contributed by atoms with Gasteiger partial charge in [0.1, 0.15) is 0 Å². The lowest BCUT2D eigenvalue weighted by molar-refractivity contribution is -0.144. The van der Waals surface area contributed by atoms with Crippen LogP contribution in [0.4, 0.5) is 0 Å². The van der Waals surface area contributed by atoms with E-state index in [4.69, 9.17) is 11.6 Å². The number of carbonyl (C=O) groups is 2. The van der Waals surface area contributed by atoms with Gasteiger partial charge in [-0.15, -0.1) is 0 Å². The molecule has 1 heterocycles. The molecule has 3 rings (SSSR count). The number of hydrogen-bond acceptors (Lipinski definition) is 2. The fraction of sp³-hybridized carbons (Fsp3) is 0.529. The summed E-state index contributed by atoms with van der Waals surface area (Å²) in [5.74, 6) is -0.622. The Morgan fingerprint density at radius 2 is 2.00 bits per heavy atom. The molecule has 1 saturated carbocycles. The second-order valence-corrected chi connectivity index (χ2v) is 7.41. The molecule has 1 aromatic rings. The third-order valence-corrected chi connectivity index (χ3v) is 5.74. The molecule has 1 aliphatic heterocycles. The van der Waals surface area contributed by atoms with Gasteiger partial charge in [-0.3, -0.25) is 14.9 Å². The SMILES string of the molecule is CC1(C)CCCC12CC(=O)NC(=O)C2c1cccc(Cl)c1. The molecular weight excluding hydrogens is 286 g/mol. The summed E-state index contributed by atoms with van der Waals surface area (Å²) >= 11 is 6.11. The summed E-state index contributed by atoms with van der Waals surface area (Å²) in [6, 6.07) is 7.49. The highest BCUT2D eigenvalue weighted by Crippen LogP contribution is 2.62. The molecule has 2 atom stereocenters. The van der Waals surface area contributed by atoms with E-state index in [1.54, 1.807) is 0 Å². The van der Waals surface area contributed by atoms with Crippen molar-refractivity contribution in [2.24, 2.45) is 10.8 Å². The largest absolute Gasteiger partial charge is 0.296 e. The summed E-state index contributed by atoms with van der Waals surface area (Å²) in [6.07, 6.45) is 3.44. The summed E-state index contributed by atoms with van der Waals surface area (Å²) < 4.78 is 0. The Morgan fingerprint density at radius 3 is 2.62 bits per heavy atom. The van der Waals surface area contributed by atoms with Crippen molar-refractivity contribution in [3.8, 4) is 0 Å². The van der Waals surface area contributed by atoms with Crippen molar-refractivity contribution >= 4 is 23.4 Å². The molecule has 112 valence electrons. The summed E-state index contributed by atoms with van der Waals surface area (Å²) in [4.78, 5) is 24.6. The molecule has 0 aromatic heterocycles. The number of halogens is 1. The number of piperidine rings is 1. The second-order valence-electron chi connectivity index (χ2n) is 6.97. The quantitative estimate of drug-likeness (QED) is 0.805. The van der Waals surface area contributed by atoms with Gasteiger partial charge in [-0.1, -0.05) is 44.0 Å². The number of benzene rings is 1. The van der Waals surface area contributed by atoms with Crippen LogP contribution < -0.4 is 5.32 Å². The predicted molar refractivity (Wildman–Crippen MR) is 82.0 cm³/mol. The van der Waals surface area contributed by atoms with Crippen LogP contribution >= 0.6 is 11.6 Å². The maximum Gasteiger partial charge on any atom is 0.234 e. The molecule has 4 heteroatoms. The number of hydrogen-bond donors (Lipinski definition) is 1. The second kappa shape index (κ2) is 4.84. The Hall–Kier alpha value is -1.35. The average Bonchev–Trinajstić information content (AvgIpc) is 2.64. The lowest BCUT2D eigenvalue weighted by Crippen LogP contribution is -2.54. The van der Waals surface area contributed by atoms with Gasteiger partial charge >= 0.3 is 0 Å². The van der Waals surface area contributed by atoms with Crippen LogP contribution in [0.15, 0.2) is 24.3 Å². The highest BCUT2D eigenvalue weighted by Gasteiger charge is 2.59. The van der Waals surface area contributed by atoms with Crippen LogP contribution in [-0.2, 0) is 9.59 Å². The van der Waals surface area contributed by atoms with Gasteiger partial charge in [-0.05, 0) is 41.4 Å². The molecular formula is C17H20ClNO2. The maximum absolute atomic E-state index is 12.6. The first-order valence-electron chi connectivity index (χ1n) is 7.45. The zero-order valence-electron chi connectivity index (χ0n) is 12.4. The fourth-order valence-corrected chi connectivity index (χ4v) is 4.54. The first-order valence-corrected chi connectivity index (χ1v) is 7.83. The molecule has 1 aromatic carbocycles. The summed E-state index contributed by atoms with van der Waals surface area (Å²) in [5.41, 5.74) is 0.590. The smallest absolute Gasteiger partial charge is 0.234 e. The van der Waals surface area contributed by atoms with E-state index in [1.807, 2.05) is 24.3 Å². The van der Waals surface area contributed by atoms with Gasteiger partial charge in [0.2, 0.25) is 11.8 Å². The Balaban J connectivity index is 2.14. The monoisotopic (exact) mass is 305 g/mol. The van der Waals surface area contributed by atoms with Crippen LogP contribution in [-0.4, -0.2) is 11.8 Å². The standard InChI is InChI=1S/C17H20ClNO2/c1-16(2)7-4-8-17(16)10-13(20)19-15(21)14(17)11-5-3-6-12(18)9-11/h3,5-6,9,14H,4,7-8,10H2,1-2H3,(H,19,20,21). The molecule has 2 aliphatic rings. The minimum atomic E-state index is -0.300. The van der Waals surface area contributed by atoms with Gasteiger partial charge in [0.15, 0.2) is 0 Å². The first kappa shape index (κ1) is 14.6. The Labute approximate surface area is 130 Å². The molecule has 21 heavy (non-hydrogen) atoms. The zero-order valence-corrected chi connectivity index (χ0v) is 13.2. The van der Waals surface area contributed by atoms with Crippen LogP contribution in [0.1, 0.15) is 51.0 Å². The van der Waals surface area contributed by atoms with Crippen LogP contribution in [0.3, 0.4) is 0 Å². The molecule has 2 unspecified atom stereocenters. The molecule has 2 amide bonds. The molecule has 0 bridgehead atoms. The van der Waals surface area contributed by atoms with Crippen LogP contribution in [0, 0.1) is 10.8 Å². The van der Waals surface area contributed by atoms with E-state index in [0.29, 0.717) is 11.4 Å². The van der Waals surface area contributed by atoms with Gasteiger partial charge in [0, 0.05) is 11.4 Å². The normalized spacial score (nSPS) is 31.5. The highest BCUT2D eigenvalue weighted by atomic mass is 35.5. The molecule has 1 saturated heterocycles. The number of amides is 2. The minimum absolute atomic E-state index is 0.0343. The minimum Gasteiger partial charge on any atom is -0.296 e. The number of nitrogens with one attached hydrogen (secondary N) is 1. The number of carbonyl (C=O) groups excluding carboxylic acids is 2. The summed E-state index contributed by atoms with van der Waals surface area (Å²) in [5, 5.41) is 3.14. The molecule has 1 spiro atoms. The number of rotatable bonds is 1. The first-order chi connectivity index (χ1) is 9.86. The van der Waals surface area contributed by atoms with E-state index in [9.17, 15) is 9.59 Å². The molecule has 3 nitrogen and oxygen atoms in total. The maximum atomic E-state index is 12.6. The van der Waals surface area contributed by atoms with Gasteiger partial charge < -0.3 is 0 Å². The Bertz CT molecular complexity index is 611. The lowest BCUT2D eigenvalue weighted by atomic mass is 9.56. The topological polar surface area (TPSA) is 46.2 Å². The van der Waals surface area contributed by atoms with Crippen molar-refractivity contribution in [2.45, 2.75) is 45.4 Å². The third-order valence-electron chi connectivity index (χ3n) is 5.51. The van der Waals surface area contributed by atoms with Gasteiger partial charge in [0.05, 0.1) is 5.92 Å². The van der Waals surface area contributed by atoms with Crippen molar-refractivity contribution in [3.05, 3.63) is 34.9 Å². The van der Waals surface area contributed by atoms with Crippen molar-refractivity contribution in [1.29, 1.82) is 0 Å². The molecule has 0 radical (unpaired) electrons. The van der Waals surface area contributed by atoms with Gasteiger partial charge in [-0.2, -0.15) is 0 Å². The van der Waals surface area contributed by atoms with Gasteiger partial charge in [0.25, 0.3) is 0 Å². The van der Waals surface area contributed by atoms with Crippen molar-refractivity contribution in [1.82, 2.24) is 5.32 Å². The summed E-state index contributed by atoms with van der Waals surface area (Å²) in [7, 11) is 0. The highest BCUT2D eigenvalue weighted by molar-refractivity contribution is 6.30. The third kappa shape index (κ3) is 2.18. The Kier molecular flexibility index (Phi) is 3.36. The van der Waals surface area contributed by atoms with E-state index in [-0.39, 0.29) is 28.6 Å². The Morgan fingerprint density at radius 1 is 1.24 bits per heavy atom. The van der Waals surface area contributed by atoms with Crippen molar-refractivity contribution in [2.75, 3.05) is 0 Å². The van der Waals surface area contributed by atoms with E-state index in [0.717, 1.165) is 24.8 Å². The fourth-order valence-electron chi connectivity index (χ4n) is 4.35. The van der Waals surface area contributed by atoms with Crippen LogP contribution in [0.5, 0.6) is 0 Å². The molecule has 1 aliphatic carbocycles. The predicted octanol–water partition coefficient (Wildman–Crippen LogP) is 3.67. The average molecular weight is 306 g/mol. The molecule has 1 N–H and O–H groups in total. The van der Waals surface area contributed by atoms with E-state index in [1.165, 1.54) is 0 Å². The van der Waals surface area contributed by atoms with Crippen LogP contribution in [0.2, 0.25) is 5.02 Å². The van der Waals surface area contributed by atoms with Crippen LogP contribution in [0.25, 0.3) is 0 Å².